The van der Waals surface area contributed by atoms with Crippen LogP contribution in [0.5, 0.6) is 0 Å². The summed E-state index contributed by atoms with van der Waals surface area (Å²) in [6.07, 6.45) is 2.44. The predicted molar refractivity (Wildman–Crippen MR) is 66.1 cm³/mol. The van der Waals surface area contributed by atoms with Crippen molar-refractivity contribution < 1.29 is 4.79 Å². The van der Waals surface area contributed by atoms with Crippen molar-refractivity contribution in [3.8, 4) is 0 Å². The number of nitrogens with two attached hydrogens (primary N) is 1. The molecule has 0 aromatic rings. The van der Waals surface area contributed by atoms with Crippen molar-refractivity contribution in [3.05, 3.63) is 0 Å². The second-order valence-corrected chi connectivity index (χ2v) is 5.46. The Morgan fingerprint density at radius 2 is 2.25 bits per heavy atom. The number of amides is 1. The highest BCUT2D eigenvalue weighted by atomic mass is 16.1. The van der Waals surface area contributed by atoms with Crippen LogP contribution in [0.2, 0.25) is 0 Å². The maximum absolute atomic E-state index is 11.6. The van der Waals surface area contributed by atoms with E-state index >= 15 is 0 Å². The fourth-order valence-electron chi connectivity index (χ4n) is 2.47. The second-order valence-electron chi connectivity index (χ2n) is 5.46. The molecule has 0 aromatic heterocycles. The van der Waals surface area contributed by atoms with Gasteiger partial charge in [0.15, 0.2) is 0 Å². The summed E-state index contributed by atoms with van der Waals surface area (Å²) in [5.74, 6) is -0.264. The number of hydrogen-bond acceptors (Lipinski definition) is 3. The minimum absolute atomic E-state index is 0.260. The number of nitrogens with one attached hydrogen (secondary N) is 1. The fraction of sp³-hybridized carbons (Fsp3) is 0.917. The first-order valence-electron chi connectivity index (χ1n) is 6.17. The summed E-state index contributed by atoms with van der Waals surface area (Å²) < 4.78 is 0. The molecule has 1 aliphatic rings. The molecule has 1 heterocycles. The predicted octanol–water partition coefficient (Wildman–Crippen LogP) is 0.713. The summed E-state index contributed by atoms with van der Waals surface area (Å²) in [7, 11) is 0. The van der Waals surface area contributed by atoms with Crippen molar-refractivity contribution in [2.45, 2.75) is 58.2 Å². The van der Waals surface area contributed by atoms with Crippen LogP contribution in [0.15, 0.2) is 0 Å². The van der Waals surface area contributed by atoms with E-state index in [4.69, 9.17) is 5.73 Å². The van der Waals surface area contributed by atoms with Gasteiger partial charge < -0.3 is 11.1 Å². The first-order chi connectivity index (χ1) is 7.35. The summed E-state index contributed by atoms with van der Waals surface area (Å²) in [5, 5.41) is 3.29. The van der Waals surface area contributed by atoms with E-state index in [1.807, 2.05) is 20.8 Å². The molecule has 4 heteroatoms. The minimum atomic E-state index is -0.618. The molecule has 1 amide bonds. The Hall–Kier alpha value is -0.610. The van der Waals surface area contributed by atoms with Gasteiger partial charge in [-0.05, 0) is 47.1 Å². The molecular weight excluding hydrogens is 202 g/mol. The van der Waals surface area contributed by atoms with Crippen molar-refractivity contribution in [1.29, 1.82) is 0 Å². The van der Waals surface area contributed by atoms with Crippen molar-refractivity contribution in [1.82, 2.24) is 10.2 Å². The van der Waals surface area contributed by atoms with Gasteiger partial charge in [-0.15, -0.1) is 0 Å². The Balaban J connectivity index is 2.66. The van der Waals surface area contributed by atoms with Gasteiger partial charge in [0, 0.05) is 18.6 Å². The standard InChI is InChI=1S/C12H25N3O/c1-9(2)14-12(4,11(13)16)8-15-7-5-6-10(15)3/h9-10,14H,5-8H2,1-4H3,(H2,13,16). The highest BCUT2D eigenvalue weighted by Gasteiger charge is 2.36. The average Bonchev–Trinajstić information content (AvgIpc) is 2.50. The number of carbonyl (C=O) groups is 1. The van der Waals surface area contributed by atoms with E-state index in [-0.39, 0.29) is 11.9 Å². The highest BCUT2D eigenvalue weighted by molar-refractivity contribution is 5.84. The van der Waals surface area contributed by atoms with Crippen molar-refractivity contribution >= 4 is 5.91 Å². The molecule has 2 atom stereocenters. The smallest absolute Gasteiger partial charge is 0.238 e. The van der Waals surface area contributed by atoms with Crippen LogP contribution in [0, 0.1) is 0 Å². The van der Waals surface area contributed by atoms with E-state index in [2.05, 4.69) is 17.1 Å². The van der Waals surface area contributed by atoms with Gasteiger partial charge in [-0.1, -0.05) is 0 Å². The van der Waals surface area contributed by atoms with Crippen molar-refractivity contribution in [2.24, 2.45) is 5.73 Å². The molecule has 3 N–H and O–H groups in total. The minimum Gasteiger partial charge on any atom is -0.368 e. The Morgan fingerprint density at radius 3 is 2.62 bits per heavy atom. The summed E-state index contributed by atoms with van der Waals surface area (Å²) >= 11 is 0. The van der Waals surface area contributed by atoms with E-state index in [9.17, 15) is 4.79 Å². The number of primary amides is 1. The Kier molecular flexibility index (Phi) is 4.33. The number of nitrogens with zero attached hydrogens (tertiary/aromatic N) is 1. The molecular formula is C12H25N3O. The third-order valence-electron chi connectivity index (χ3n) is 3.36. The summed E-state index contributed by atoms with van der Waals surface area (Å²) in [6, 6.07) is 0.822. The number of carbonyl (C=O) groups excluding carboxylic acids is 1. The van der Waals surface area contributed by atoms with E-state index in [0.717, 1.165) is 6.54 Å². The van der Waals surface area contributed by atoms with Crippen LogP contribution in [-0.4, -0.2) is 41.5 Å². The quantitative estimate of drug-likeness (QED) is 0.727. The normalized spacial score (nSPS) is 25.9. The Labute approximate surface area is 98.6 Å². The van der Waals surface area contributed by atoms with Gasteiger partial charge >= 0.3 is 0 Å². The van der Waals surface area contributed by atoms with E-state index in [1.165, 1.54) is 12.8 Å². The van der Waals surface area contributed by atoms with E-state index in [0.29, 0.717) is 12.6 Å². The molecule has 16 heavy (non-hydrogen) atoms. The van der Waals surface area contributed by atoms with Crippen LogP contribution in [0.4, 0.5) is 0 Å². The van der Waals surface area contributed by atoms with Crippen LogP contribution in [0.3, 0.4) is 0 Å². The number of rotatable bonds is 5. The second kappa shape index (κ2) is 5.15. The Morgan fingerprint density at radius 1 is 1.62 bits per heavy atom. The highest BCUT2D eigenvalue weighted by Crippen LogP contribution is 2.19. The van der Waals surface area contributed by atoms with Crippen LogP contribution in [0.1, 0.15) is 40.5 Å². The van der Waals surface area contributed by atoms with Gasteiger partial charge in [-0.2, -0.15) is 0 Å². The molecule has 1 fully saturated rings. The van der Waals surface area contributed by atoms with Gasteiger partial charge in [0.1, 0.15) is 5.54 Å². The lowest BCUT2D eigenvalue weighted by molar-refractivity contribution is -0.125. The van der Waals surface area contributed by atoms with Crippen LogP contribution < -0.4 is 11.1 Å². The van der Waals surface area contributed by atoms with Crippen molar-refractivity contribution in [3.63, 3.8) is 0 Å². The van der Waals surface area contributed by atoms with Crippen LogP contribution >= 0.6 is 0 Å². The zero-order valence-electron chi connectivity index (χ0n) is 10.9. The summed E-state index contributed by atoms with van der Waals surface area (Å²) in [4.78, 5) is 13.9. The van der Waals surface area contributed by atoms with Crippen molar-refractivity contribution in [2.75, 3.05) is 13.1 Å². The zero-order valence-corrected chi connectivity index (χ0v) is 10.9. The number of hydrogen-bond donors (Lipinski definition) is 2. The van der Waals surface area contributed by atoms with Crippen LogP contribution in [0.25, 0.3) is 0 Å². The number of likely N-dealkylation sites (tertiary alicyclic amines) is 1. The molecule has 0 radical (unpaired) electrons. The van der Waals surface area contributed by atoms with E-state index < -0.39 is 5.54 Å². The molecule has 4 nitrogen and oxygen atoms in total. The first-order valence-corrected chi connectivity index (χ1v) is 6.17. The largest absolute Gasteiger partial charge is 0.368 e. The molecule has 1 aliphatic heterocycles. The van der Waals surface area contributed by atoms with Gasteiger partial charge in [-0.25, -0.2) is 0 Å². The van der Waals surface area contributed by atoms with Gasteiger partial charge in [0.25, 0.3) is 0 Å². The van der Waals surface area contributed by atoms with E-state index in [1.54, 1.807) is 0 Å². The molecule has 94 valence electrons. The third-order valence-corrected chi connectivity index (χ3v) is 3.36. The molecule has 1 rings (SSSR count). The fourth-order valence-corrected chi connectivity index (χ4v) is 2.47. The lowest BCUT2D eigenvalue weighted by Crippen LogP contribution is -2.61. The molecule has 2 unspecified atom stereocenters. The molecule has 0 aromatic carbocycles. The van der Waals surface area contributed by atoms with Gasteiger partial charge in [0.2, 0.25) is 5.91 Å². The maximum Gasteiger partial charge on any atom is 0.238 e. The van der Waals surface area contributed by atoms with Gasteiger partial charge in [0.05, 0.1) is 0 Å². The molecule has 1 saturated heterocycles. The SMILES string of the molecule is CC(C)NC(C)(CN1CCCC1C)C(N)=O. The summed E-state index contributed by atoms with van der Waals surface area (Å²) in [5.41, 5.74) is 4.90. The lowest BCUT2D eigenvalue weighted by Gasteiger charge is -2.35. The Bertz CT molecular complexity index is 255. The monoisotopic (exact) mass is 227 g/mol. The maximum atomic E-state index is 11.6. The lowest BCUT2D eigenvalue weighted by atomic mass is 9.99. The molecule has 0 aliphatic carbocycles. The third kappa shape index (κ3) is 3.19. The molecule has 0 saturated carbocycles. The topological polar surface area (TPSA) is 58.4 Å². The molecule has 0 spiro atoms. The zero-order chi connectivity index (χ0) is 12.3. The molecule has 0 bridgehead atoms. The first kappa shape index (κ1) is 13.5. The van der Waals surface area contributed by atoms with Gasteiger partial charge in [-0.3, -0.25) is 9.69 Å². The average molecular weight is 227 g/mol. The summed E-state index contributed by atoms with van der Waals surface area (Å²) in [6.45, 7) is 9.97. The van der Waals surface area contributed by atoms with Crippen LogP contribution in [-0.2, 0) is 4.79 Å².